The summed E-state index contributed by atoms with van der Waals surface area (Å²) in [5.74, 6) is 3.69. The minimum Gasteiger partial charge on any atom is -0.512 e. The number of aliphatic hydroxyl groups is 1. The molecule has 0 heterocycles. The second-order valence-corrected chi connectivity index (χ2v) is 8.56. The predicted octanol–water partition coefficient (Wildman–Crippen LogP) is 4.18. The molecule has 0 bridgehead atoms. The Morgan fingerprint density at radius 3 is 2.81 bits per heavy atom. The maximum atomic E-state index is 10.3. The Balaban J connectivity index is 1.67. The quantitative estimate of drug-likeness (QED) is 0.656. The molecule has 2 nitrogen and oxygen atoms in total. The highest BCUT2D eigenvalue weighted by atomic mass is 16.3. The van der Waals surface area contributed by atoms with Gasteiger partial charge in [-0.15, -0.1) is 0 Å². The molecule has 7 atom stereocenters. The summed E-state index contributed by atoms with van der Waals surface area (Å²) < 4.78 is 0. The molecule has 2 fully saturated rings. The van der Waals surface area contributed by atoms with Gasteiger partial charge < -0.3 is 10.8 Å². The third-order valence-corrected chi connectivity index (χ3v) is 7.76. The average molecular weight is 287 g/mol. The van der Waals surface area contributed by atoms with Gasteiger partial charge in [0.2, 0.25) is 0 Å². The maximum Gasteiger partial charge on any atom is 0.0944 e. The molecule has 0 radical (unpaired) electrons. The van der Waals surface area contributed by atoms with Crippen molar-refractivity contribution in [3.63, 3.8) is 0 Å². The fraction of sp³-hybridized carbons (Fsp3) is 0.789. The molecule has 0 aromatic heterocycles. The molecule has 0 aliphatic heterocycles. The van der Waals surface area contributed by atoms with E-state index in [4.69, 9.17) is 5.73 Å². The molecule has 3 N–H and O–H groups in total. The lowest BCUT2D eigenvalue weighted by Gasteiger charge is -2.58. The molecule has 0 aromatic carbocycles. The van der Waals surface area contributed by atoms with Gasteiger partial charge >= 0.3 is 0 Å². The van der Waals surface area contributed by atoms with Gasteiger partial charge in [-0.3, -0.25) is 0 Å². The van der Waals surface area contributed by atoms with E-state index in [1.54, 1.807) is 0 Å². The highest BCUT2D eigenvalue weighted by molar-refractivity contribution is 5.23. The topological polar surface area (TPSA) is 46.2 Å². The van der Waals surface area contributed by atoms with Crippen molar-refractivity contribution in [1.82, 2.24) is 0 Å². The van der Waals surface area contributed by atoms with E-state index < -0.39 is 0 Å². The lowest BCUT2D eigenvalue weighted by molar-refractivity contribution is -0.0710. The van der Waals surface area contributed by atoms with Gasteiger partial charge in [0.15, 0.2) is 0 Å². The van der Waals surface area contributed by atoms with Crippen LogP contribution in [0.25, 0.3) is 0 Å². The first-order valence-corrected chi connectivity index (χ1v) is 8.79. The second-order valence-electron chi connectivity index (χ2n) is 8.56. The average Bonchev–Trinajstić information content (AvgIpc) is 2.76. The van der Waals surface area contributed by atoms with Crippen LogP contribution in [-0.2, 0) is 0 Å². The summed E-state index contributed by atoms with van der Waals surface area (Å²) in [7, 11) is 0. The van der Waals surface area contributed by atoms with Crippen LogP contribution in [0.5, 0.6) is 0 Å². The van der Waals surface area contributed by atoms with Crippen molar-refractivity contribution >= 4 is 0 Å². The van der Waals surface area contributed by atoms with Crippen LogP contribution in [0.2, 0.25) is 0 Å². The second kappa shape index (κ2) is 4.38. The predicted molar refractivity (Wildman–Crippen MR) is 85.7 cm³/mol. The summed E-state index contributed by atoms with van der Waals surface area (Å²) >= 11 is 0. The standard InChI is InChI=1S/C19H29NO/c1-18-9-7-13(20)11-12(18)3-4-14-15-5-6-17(21)19(15,2)10-8-16(14)18/h6-7,9,12-16,21H,3-5,8,10-11,20H2,1-2H3/t12?,13-,14-,15-,16-,18-,19-/m0/s1. The van der Waals surface area contributed by atoms with Crippen molar-refractivity contribution in [3.8, 4) is 0 Å². The zero-order valence-corrected chi connectivity index (χ0v) is 13.4. The lowest BCUT2D eigenvalue weighted by Crippen LogP contribution is -2.52. The van der Waals surface area contributed by atoms with Crippen LogP contribution in [0.15, 0.2) is 24.0 Å². The van der Waals surface area contributed by atoms with Gasteiger partial charge in [-0.2, -0.15) is 0 Å². The van der Waals surface area contributed by atoms with Gasteiger partial charge in [0.1, 0.15) is 0 Å². The van der Waals surface area contributed by atoms with E-state index in [0.29, 0.717) is 17.1 Å². The number of allylic oxidation sites excluding steroid dienone is 3. The Morgan fingerprint density at radius 1 is 1.19 bits per heavy atom. The van der Waals surface area contributed by atoms with Crippen molar-refractivity contribution in [3.05, 3.63) is 24.0 Å². The van der Waals surface area contributed by atoms with E-state index in [0.717, 1.165) is 30.6 Å². The third-order valence-electron chi connectivity index (χ3n) is 7.76. The van der Waals surface area contributed by atoms with Gasteiger partial charge in [-0.25, -0.2) is 0 Å². The summed E-state index contributed by atoms with van der Waals surface area (Å²) in [6, 6.07) is 0.269. The summed E-state index contributed by atoms with van der Waals surface area (Å²) in [5.41, 5.74) is 6.58. The van der Waals surface area contributed by atoms with Gasteiger partial charge in [-0.05, 0) is 73.7 Å². The Hall–Kier alpha value is -0.760. The fourth-order valence-corrected chi connectivity index (χ4v) is 6.38. The molecule has 21 heavy (non-hydrogen) atoms. The largest absolute Gasteiger partial charge is 0.512 e. The van der Waals surface area contributed by atoms with Crippen LogP contribution in [0.3, 0.4) is 0 Å². The molecule has 4 aliphatic carbocycles. The molecule has 4 rings (SSSR count). The van der Waals surface area contributed by atoms with Gasteiger partial charge in [0.25, 0.3) is 0 Å². The summed E-state index contributed by atoms with van der Waals surface area (Å²) in [5, 5.41) is 10.3. The summed E-state index contributed by atoms with van der Waals surface area (Å²) in [6.45, 7) is 4.79. The Morgan fingerprint density at radius 2 is 2.00 bits per heavy atom. The number of rotatable bonds is 0. The van der Waals surface area contributed by atoms with Crippen molar-refractivity contribution in [2.45, 2.75) is 58.4 Å². The SMILES string of the molecule is C[C@]12C=C[C@H](N)CC1CC[C@@H]1[C@@H]2CC[C@]2(C)C(O)=CC[C@@H]12. The zero-order valence-electron chi connectivity index (χ0n) is 13.4. The van der Waals surface area contributed by atoms with Crippen LogP contribution < -0.4 is 5.73 Å². The minimum atomic E-state index is 0.0686. The molecule has 0 aromatic rings. The molecule has 116 valence electrons. The molecule has 1 unspecified atom stereocenters. The normalized spacial score (nSPS) is 55.4. The van der Waals surface area contributed by atoms with E-state index in [1.165, 1.54) is 25.7 Å². The van der Waals surface area contributed by atoms with Gasteiger partial charge in [-0.1, -0.05) is 26.0 Å². The monoisotopic (exact) mass is 287 g/mol. The van der Waals surface area contributed by atoms with E-state index in [1.807, 2.05) is 0 Å². The van der Waals surface area contributed by atoms with Crippen molar-refractivity contribution in [1.29, 1.82) is 0 Å². The molecule has 0 saturated heterocycles. The zero-order chi connectivity index (χ0) is 14.8. The highest BCUT2D eigenvalue weighted by Crippen LogP contribution is 2.64. The Bertz CT molecular complexity index is 510. The molecule has 0 spiro atoms. The van der Waals surface area contributed by atoms with Crippen LogP contribution in [-0.4, -0.2) is 11.1 Å². The molecular weight excluding hydrogens is 258 g/mol. The summed E-state index contributed by atoms with van der Waals surface area (Å²) in [4.78, 5) is 0. The lowest BCUT2D eigenvalue weighted by atomic mass is 9.46. The number of nitrogens with two attached hydrogens (primary N) is 1. The van der Waals surface area contributed by atoms with Gasteiger partial charge in [0, 0.05) is 11.5 Å². The van der Waals surface area contributed by atoms with E-state index in [-0.39, 0.29) is 11.5 Å². The molecule has 0 amide bonds. The molecular formula is C19H29NO. The number of hydrogen-bond acceptors (Lipinski definition) is 2. The van der Waals surface area contributed by atoms with Crippen LogP contribution in [0.1, 0.15) is 52.4 Å². The molecule has 2 heteroatoms. The van der Waals surface area contributed by atoms with Crippen LogP contribution >= 0.6 is 0 Å². The Kier molecular flexibility index (Phi) is 2.89. The molecule has 2 saturated carbocycles. The van der Waals surface area contributed by atoms with Crippen molar-refractivity contribution in [2.24, 2.45) is 40.2 Å². The van der Waals surface area contributed by atoms with Crippen molar-refractivity contribution in [2.75, 3.05) is 0 Å². The number of hydrogen-bond donors (Lipinski definition) is 2. The van der Waals surface area contributed by atoms with Crippen LogP contribution in [0, 0.1) is 34.5 Å². The first-order chi connectivity index (χ1) is 9.95. The number of aliphatic hydroxyl groups excluding tert-OH is 1. The van der Waals surface area contributed by atoms with E-state index >= 15 is 0 Å². The highest BCUT2D eigenvalue weighted by Gasteiger charge is 2.57. The Labute approximate surface area is 128 Å². The van der Waals surface area contributed by atoms with E-state index in [2.05, 4.69) is 32.1 Å². The van der Waals surface area contributed by atoms with E-state index in [9.17, 15) is 5.11 Å². The minimum absolute atomic E-state index is 0.0686. The first kappa shape index (κ1) is 13.9. The van der Waals surface area contributed by atoms with Crippen LogP contribution in [0.4, 0.5) is 0 Å². The fourth-order valence-electron chi connectivity index (χ4n) is 6.38. The first-order valence-electron chi connectivity index (χ1n) is 8.79. The smallest absolute Gasteiger partial charge is 0.0944 e. The maximum absolute atomic E-state index is 10.3. The third kappa shape index (κ3) is 1.75. The molecule has 4 aliphatic rings. The van der Waals surface area contributed by atoms with Crippen molar-refractivity contribution < 1.29 is 5.11 Å². The summed E-state index contributed by atoms with van der Waals surface area (Å²) in [6.07, 6.45) is 14.2. The van der Waals surface area contributed by atoms with Gasteiger partial charge in [0.05, 0.1) is 5.76 Å². The number of fused-ring (bicyclic) bond motifs is 5.